The molecule has 128 valence electrons. The second kappa shape index (κ2) is 6.98. The minimum Gasteiger partial charge on any atom is -0.449 e. The highest BCUT2D eigenvalue weighted by molar-refractivity contribution is 6.29. The van der Waals surface area contributed by atoms with Crippen molar-refractivity contribution in [2.24, 2.45) is 0 Å². The van der Waals surface area contributed by atoms with Crippen LogP contribution < -0.4 is 0 Å². The maximum atomic E-state index is 13.7. The molecule has 0 aliphatic heterocycles. The van der Waals surface area contributed by atoms with E-state index in [1.165, 1.54) is 24.4 Å². The first-order chi connectivity index (χ1) is 11.9. The van der Waals surface area contributed by atoms with Gasteiger partial charge in [0.15, 0.2) is 6.10 Å². The molecule has 0 N–H and O–H groups in total. The maximum absolute atomic E-state index is 13.7. The molecule has 1 unspecified atom stereocenters. The molecular weight excluding hydrogens is 349 g/mol. The number of rotatable bonds is 4. The first-order valence-corrected chi connectivity index (χ1v) is 7.74. The fourth-order valence-corrected chi connectivity index (χ4v) is 2.23. The predicted octanol–water partition coefficient (Wildman–Crippen LogP) is 4.15. The van der Waals surface area contributed by atoms with Gasteiger partial charge in [0.2, 0.25) is 5.82 Å². The second-order valence-electron chi connectivity index (χ2n) is 5.33. The fraction of sp³-hybridized carbons (Fsp3) is 0.176. The number of carbonyl (C=O) groups excluding carboxylic acids is 1. The van der Waals surface area contributed by atoms with Crippen LogP contribution in [0.5, 0.6) is 0 Å². The van der Waals surface area contributed by atoms with Crippen molar-refractivity contribution in [1.82, 2.24) is 15.1 Å². The number of benzene rings is 1. The van der Waals surface area contributed by atoms with Crippen LogP contribution in [0.1, 0.15) is 34.8 Å². The molecule has 3 rings (SSSR count). The molecule has 2 heterocycles. The van der Waals surface area contributed by atoms with Gasteiger partial charge >= 0.3 is 5.97 Å². The highest BCUT2D eigenvalue weighted by atomic mass is 35.5. The zero-order valence-corrected chi connectivity index (χ0v) is 14.1. The fourth-order valence-electron chi connectivity index (χ4n) is 2.06. The van der Waals surface area contributed by atoms with E-state index in [4.69, 9.17) is 20.9 Å². The van der Waals surface area contributed by atoms with Crippen LogP contribution in [0.4, 0.5) is 4.39 Å². The molecule has 8 heteroatoms. The van der Waals surface area contributed by atoms with Crippen LogP contribution in [0.2, 0.25) is 5.15 Å². The van der Waals surface area contributed by atoms with Crippen LogP contribution in [0, 0.1) is 12.7 Å². The molecule has 0 radical (unpaired) electrons. The van der Waals surface area contributed by atoms with Gasteiger partial charge in [-0.3, -0.25) is 0 Å². The van der Waals surface area contributed by atoms with Gasteiger partial charge in [0.05, 0.1) is 5.56 Å². The third kappa shape index (κ3) is 3.83. The zero-order chi connectivity index (χ0) is 18.0. The van der Waals surface area contributed by atoms with E-state index in [9.17, 15) is 9.18 Å². The topological polar surface area (TPSA) is 78.1 Å². The van der Waals surface area contributed by atoms with E-state index < -0.39 is 12.1 Å². The van der Waals surface area contributed by atoms with Crippen molar-refractivity contribution in [1.29, 1.82) is 0 Å². The summed E-state index contributed by atoms with van der Waals surface area (Å²) in [6.45, 7) is 3.25. The lowest BCUT2D eigenvalue weighted by molar-refractivity contribution is 0.0265. The van der Waals surface area contributed by atoms with Gasteiger partial charge < -0.3 is 9.26 Å². The number of nitrogens with zero attached hydrogens (tertiary/aromatic N) is 3. The molecule has 1 atom stereocenters. The van der Waals surface area contributed by atoms with E-state index in [1.54, 1.807) is 26.0 Å². The van der Waals surface area contributed by atoms with Crippen LogP contribution in [0.15, 0.2) is 41.1 Å². The van der Waals surface area contributed by atoms with Crippen molar-refractivity contribution < 1.29 is 18.4 Å². The Balaban J connectivity index is 1.75. The first-order valence-electron chi connectivity index (χ1n) is 7.36. The molecule has 0 aliphatic rings. The molecule has 0 saturated heterocycles. The largest absolute Gasteiger partial charge is 0.449 e. The quantitative estimate of drug-likeness (QED) is 0.513. The highest BCUT2D eigenvalue weighted by Gasteiger charge is 2.20. The van der Waals surface area contributed by atoms with E-state index in [2.05, 4.69) is 15.1 Å². The molecule has 0 saturated carbocycles. The summed E-state index contributed by atoms with van der Waals surface area (Å²) >= 11 is 5.75. The van der Waals surface area contributed by atoms with E-state index in [0.29, 0.717) is 11.1 Å². The summed E-state index contributed by atoms with van der Waals surface area (Å²) in [5, 5.41) is 3.98. The number of halogens is 2. The van der Waals surface area contributed by atoms with Crippen LogP contribution >= 0.6 is 11.6 Å². The summed E-state index contributed by atoms with van der Waals surface area (Å²) in [7, 11) is 0. The average Bonchev–Trinajstić information content (AvgIpc) is 3.07. The molecule has 2 aromatic heterocycles. The third-order valence-corrected chi connectivity index (χ3v) is 3.67. The number of esters is 1. The Kier molecular flexibility index (Phi) is 4.76. The maximum Gasteiger partial charge on any atom is 0.339 e. The molecule has 0 fully saturated rings. The Labute approximate surface area is 147 Å². The van der Waals surface area contributed by atoms with Crippen molar-refractivity contribution in [3.05, 3.63) is 64.5 Å². The van der Waals surface area contributed by atoms with Crippen LogP contribution in [0.25, 0.3) is 11.4 Å². The molecule has 0 bridgehead atoms. The monoisotopic (exact) mass is 361 g/mol. The van der Waals surface area contributed by atoms with Gasteiger partial charge in [-0.2, -0.15) is 4.98 Å². The number of ether oxygens (including phenoxy) is 1. The smallest absolute Gasteiger partial charge is 0.339 e. The SMILES string of the molecule is Cc1ccc(-c2noc(C(C)OC(=O)c3ccnc(Cl)c3)n2)cc1F. The Morgan fingerprint density at radius 1 is 1.32 bits per heavy atom. The summed E-state index contributed by atoms with van der Waals surface area (Å²) in [5.74, 6) is -0.649. The zero-order valence-electron chi connectivity index (χ0n) is 13.4. The highest BCUT2D eigenvalue weighted by Crippen LogP contribution is 2.23. The molecular formula is C17H13ClFN3O3. The van der Waals surface area contributed by atoms with Gasteiger partial charge in [-0.15, -0.1) is 0 Å². The summed E-state index contributed by atoms with van der Waals surface area (Å²) < 4.78 is 24.0. The lowest BCUT2D eigenvalue weighted by Gasteiger charge is -2.08. The Morgan fingerprint density at radius 2 is 2.12 bits per heavy atom. The molecule has 25 heavy (non-hydrogen) atoms. The summed E-state index contributed by atoms with van der Waals surface area (Å²) in [6.07, 6.45) is 0.622. The van der Waals surface area contributed by atoms with E-state index in [1.807, 2.05) is 0 Å². The second-order valence-corrected chi connectivity index (χ2v) is 5.72. The summed E-state index contributed by atoms with van der Waals surface area (Å²) in [4.78, 5) is 20.0. The Hall–Kier alpha value is -2.80. The van der Waals surface area contributed by atoms with Crippen molar-refractivity contribution in [2.45, 2.75) is 20.0 Å². The predicted molar refractivity (Wildman–Crippen MR) is 87.5 cm³/mol. The molecule has 6 nitrogen and oxygen atoms in total. The number of aromatic nitrogens is 3. The van der Waals surface area contributed by atoms with Gasteiger partial charge in [0.25, 0.3) is 5.89 Å². The number of pyridine rings is 1. The molecule has 0 aliphatic carbocycles. The summed E-state index contributed by atoms with van der Waals surface area (Å²) in [5.41, 5.74) is 1.25. The number of hydrogen-bond acceptors (Lipinski definition) is 6. The van der Waals surface area contributed by atoms with Crippen molar-refractivity contribution in [3.8, 4) is 11.4 Å². The number of carbonyl (C=O) groups is 1. The van der Waals surface area contributed by atoms with Crippen LogP contribution in [-0.2, 0) is 4.74 Å². The van der Waals surface area contributed by atoms with E-state index in [-0.39, 0.29) is 28.2 Å². The lowest BCUT2D eigenvalue weighted by Crippen LogP contribution is -2.09. The van der Waals surface area contributed by atoms with Gasteiger partial charge in [-0.05, 0) is 37.6 Å². The van der Waals surface area contributed by atoms with Crippen molar-refractivity contribution in [3.63, 3.8) is 0 Å². The van der Waals surface area contributed by atoms with E-state index in [0.717, 1.165) is 0 Å². The minimum absolute atomic E-state index is 0.101. The molecule has 0 spiro atoms. The standard InChI is InChI=1S/C17H13ClFN3O3/c1-9-3-4-11(7-13(9)19)15-21-16(25-22-15)10(2)24-17(23)12-5-6-20-14(18)8-12/h3-8,10H,1-2H3. The molecule has 0 amide bonds. The van der Waals surface area contributed by atoms with Crippen LogP contribution in [-0.4, -0.2) is 21.1 Å². The first kappa shape index (κ1) is 17.0. The molecule has 3 aromatic rings. The van der Waals surface area contributed by atoms with Gasteiger partial charge in [0.1, 0.15) is 11.0 Å². The number of aryl methyl sites for hydroxylation is 1. The van der Waals surface area contributed by atoms with E-state index >= 15 is 0 Å². The third-order valence-electron chi connectivity index (χ3n) is 3.47. The van der Waals surface area contributed by atoms with Crippen molar-refractivity contribution in [2.75, 3.05) is 0 Å². The van der Waals surface area contributed by atoms with Crippen LogP contribution in [0.3, 0.4) is 0 Å². The Bertz CT molecular complexity index is 929. The average molecular weight is 362 g/mol. The van der Waals surface area contributed by atoms with Gasteiger partial charge in [-0.25, -0.2) is 14.2 Å². The lowest BCUT2D eigenvalue weighted by atomic mass is 10.1. The molecule has 1 aromatic carbocycles. The number of hydrogen-bond donors (Lipinski definition) is 0. The normalized spacial score (nSPS) is 12.0. The van der Waals surface area contributed by atoms with Crippen molar-refractivity contribution >= 4 is 17.6 Å². The summed E-state index contributed by atoms with van der Waals surface area (Å²) in [6, 6.07) is 7.50. The van der Waals surface area contributed by atoms with Gasteiger partial charge in [-0.1, -0.05) is 28.9 Å². The minimum atomic E-state index is -0.781. The van der Waals surface area contributed by atoms with Gasteiger partial charge in [0, 0.05) is 11.8 Å². The Morgan fingerprint density at radius 3 is 2.84 bits per heavy atom.